The van der Waals surface area contributed by atoms with Crippen LogP contribution in [0.4, 0.5) is 0 Å². The molecular formula is C3H2N3-. The van der Waals surface area contributed by atoms with Gasteiger partial charge in [0.15, 0.2) is 0 Å². The van der Waals surface area contributed by atoms with Crippen LogP contribution in [0.5, 0.6) is 0 Å². The van der Waals surface area contributed by atoms with E-state index in [2.05, 4.69) is 21.5 Å². The summed E-state index contributed by atoms with van der Waals surface area (Å²) >= 11 is 0. The van der Waals surface area contributed by atoms with E-state index in [9.17, 15) is 0 Å². The van der Waals surface area contributed by atoms with Gasteiger partial charge in [-0.25, -0.2) is 5.10 Å². The van der Waals surface area contributed by atoms with E-state index >= 15 is 0 Å². The second-order valence-electron chi connectivity index (χ2n) is 0.743. The minimum Gasteiger partial charge on any atom is -0.436 e. The predicted molar refractivity (Wildman–Crippen MR) is 18.7 cm³/mol. The van der Waals surface area contributed by atoms with Crippen molar-refractivity contribution in [3.8, 4) is 0 Å². The SMILES string of the molecule is [c-]1nccnn1. The van der Waals surface area contributed by atoms with E-state index in [0.29, 0.717) is 0 Å². The molecule has 0 spiro atoms. The maximum Gasteiger partial charge on any atom is -0.0158 e. The number of hydrogen-bond acceptors (Lipinski definition) is 3. The second kappa shape index (κ2) is 1.45. The molecule has 0 saturated heterocycles. The third kappa shape index (κ3) is 0.484. The first-order valence-electron chi connectivity index (χ1n) is 1.50. The van der Waals surface area contributed by atoms with Gasteiger partial charge in [0.1, 0.15) is 0 Å². The van der Waals surface area contributed by atoms with Crippen LogP contribution in [-0.4, -0.2) is 15.2 Å². The molecule has 0 radical (unpaired) electrons. The first-order chi connectivity index (χ1) is 3.00. The second-order valence-corrected chi connectivity index (χ2v) is 0.743. The Hall–Kier alpha value is -0.990. The zero-order valence-electron chi connectivity index (χ0n) is 3.00. The number of hydrogen-bond donors (Lipinski definition) is 0. The average Bonchev–Trinajstić information content (AvgIpc) is 1.72. The van der Waals surface area contributed by atoms with Gasteiger partial charge in [0, 0.05) is 0 Å². The van der Waals surface area contributed by atoms with E-state index in [1.165, 1.54) is 12.4 Å². The first kappa shape index (κ1) is 3.21. The molecule has 0 unspecified atom stereocenters. The van der Waals surface area contributed by atoms with Crippen molar-refractivity contribution in [2.45, 2.75) is 0 Å². The molecule has 0 aliphatic heterocycles. The van der Waals surface area contributed by atoms with E-state index in [1.807, 2.05) is 0 Å². The molecule has 0 bridgehead atoms. The largest absolute Gasteiger partial charge is 0.436 e. The van der Waals surface area contributed by atoms with Crippen LogP contribution in [0.2, 0.25) is 0 Å². The van der Waals surface area contributed by atoms with Crippen molar-refractivity contribution in [2.24, 2.45) is 0 Å². The summed E-state index contributed by atoms with van der Waals surface area (Å²) in [4.78, 5) is 3.49. The van der Waals surface area contributed by atoms with Crippen LogP contribution in [0, 0.1) is 6.33 Å². The van der Waals surface area contributed by atoms with Gasteiger partial charge in [0.2, 0.25) is 0 Å². The lowest BCUT2D eigenvalue weighted by molar-refractivity contribution is 0.957. The van der Waals surface area contributed by atoms with Crippen molar-refractivity contribution in [1.29, 1.82) is 0 Å². The van der Waals surface area contributed by atoms with Crippen LogP contribution < -0.4 is 0 Å². The van der Waals surface area contributed by atoms with E-state index in [1.54, 1.807) is 0 Å². The van der Waals surface area contributed by atoms with E-state index in [4.69, 9.17) is 0 Å². The third-order valence-corrected chi connectivity index (χ3v) is 0.368. The first-order valence-corrected chi connectivity index (χ1v) is 1.50. The Morgan fingerprint density at radius 1 is 1.33 bits per heavy atom. The van der Waals surface area contributed by atoms with Gasteiger partial charge >= 0.3 is 0 Å². The average molecular weight is 80.1 g/mol. The molecule has 0 N–H and O–H groups in total. The van der Waals surface area contributed by atoms with E-state index < -0.39 is 0 Å². The third-order valence-electron chi connectivity index (χ3n) is 0.368. The molecule has 3 heteroatoms. The molecule has 1 heterocycles. The lowest BCUT2D eigenvalue weighted by Gasteiger charge is -1.81. The standard InChI is InChI=1S/C3H2N3/c1-2-5-6-3-4-1/h1-2H/q-1. The lowest BCUT2D eigenvalue weighted by Crippen LogP contribution is -1.76. The number of nitrogens with zero attached hydrogens (tertiary/aromatic N) is 3. The van der Waals surface area contributed by atoms with Crippen LogP contribution in [0.15, 0.2) is 12.4 Å². The normalized spacial score (nSPS) is 8.00. The predicted octanol–water partition coefficient (Wildman–Crippen LogP) is -0.328. The van der Waals surface area contributed by atoms with Crippen molar-refractivity contribution in [2.75, 3.05) is 0 Å². The van der Waals surface area contributed by atoms with Crippen molar-refractivity contribution in [3.05, 3.63) is 18.7 Å². The molecule has 3 nitrogen and oxygen atoms in total. The highest BCUT2D eigenvalue weighted by atomic mass is 15.1. The maximum atomic E-state index is 3.49. The summed E-state index contributed by atoms with van der Waals surface area (Å²) in [5, 5.41) is 6.72. The molecule has 30 valence electrons. The van der Waals surface area contributed by atoms with Gasteiger partial charge in [0.05, 0.1) is 0 Å². The van der Waals surface area contributed by atoms with E-state index in [-0.39, 0.29) is 0 Å². The summed E-state index contributed by atoms with van der Waals surface area (Å²) in [6.07, 6.45) is 5.30. The summed E-state index contributed by atoms with van der Waals surface area (Å²) in [6.45, 7) is 0. The summed E-state index contributed by atoms with van der Waals surface area (Å²) in [5.41, 5.74) is 0. The highest BCUT2D eigenvalue weighted by molar-refractivity contribution is 4.57. The van der Waals surface area contributed by atoms with Gasteiger partial charge in [-0.2, -0.15) is 5.10 Å². The van der Waals surface area contributed by atoms with Crippen LogP contribution in [0.3, 0.4) is 0 Å². The molecule has 1 aromatic rings. The van der Waals surface area contributed by atoms with Gasteiger partial charge in [-0.15, -0.1) is 6.20 Å². The number of aromatic nitrogens is 3. The minimum atomic E-state index is 1.50. The number of rotatable bonds is 0. The molecule has 0 amide bonds. The Morgan fingerprint density at radius 3 is 2.50 bits per heavy atom. The summed E-state index contributed by atoms with van der Waals surface area (Å²) in [7, 11) is 0. The van der Waals surface area contributed by atoms with Crippen LogP contribution in [0.25, 0.3) is 0 Å². The van der Waals surface area contributed by atoms with Gasteiger partial charge < -0.3 is 4.98 Å². The lowest BCUT2D eigenvalue weighted by atomic mass is 10.9. The van der Waals surface area contributed by atoms with Gasteiger partial charge in [-0.05, 0) is 12.5 Å². The molecular weight excluding hydrogens is 78.1 g/mol. The van der Waals surface area contributed by atoms with Crippen LogP contribution in [-0.2, 0) is 0 Å². The van der Waals surface area contributed by atoms with Crippen molar-refractivity contribution in [1.82, 2.24) is 15.2 Å². The zero-order valence-corrected chi connectivity index (χ0v) is 3.00. The van der Waals surface area contributed by atoms with Crippen molar-refractivity contribution < 1.29 is 0 Å². The summed E-state index contributed by atoms with van der Waals surface area (Å²) < 4.78 is 0. The van der Waals surface area contributed by atoms with Gasteiger partial charge in [-0.3, -0.25) is 0 Å². The molecule has 6 heavy (non-hydrogen) atoms. The van der Waals surface area contributed by atoms with Crippen molar-refractivity contribution in [3.63, 3.8) is 0 Å². The molecule has 0 aliphatic rings. The molecule has 1 rings (SSSR count). The fourth-order valence-electron chi connectivity index (χ4n) is 0.181. The van der Waals surface area contributed by atoms with Crippen LogP contribution in [0.1, 0.15) is 0 Å². The smallest absolute Gasteiger partial charge is 0.0158 e. The highest BCUT2D eigenvalue weighted by Gasteiger charge is 1.48. The topological polar surface area (TPSA) is 38.7 Å². The summed E-state index contributed by atoms with van der Waals surface area (Å²) in [6, 6.07) is 0. The zero-order chi connectivity index (χ0) is 4.24. The Kier molecular flexibility index (Phi) is 0.774. The Labute approximate surface area is 35.1 Å². The fraction of sp³-hybridized carbons (Fsp3) is 0. The minimum absolute atomic E-state index is 1.50. The fourth-order valence-corrected chi connectivity index (χ4v) is 0.181. The summed E-state index contributed by atoms with van der Waals surface area (Å²) in [5.74, 6) is 0. The molecule has 0 saturated carbocycles. The maximum absolute atomic E-state index is 3.49. The highest BCUT2D eigenvalue weighted by Crippen LogP contribution is 1.57. The monoisotopic (exact) mass is 80.0 g/mol. The van der Waals surface area contributed by atoms with Gasteiger partial charge in [0.25, 0.3) is 0 Å². The Balaban J connectivity index is 3.00. The molecule has 1 aromatic heterocycles. The molecule has 0 fully saturated rings. The molecule has 0 aromatic carbocycles. The Morgan fingerprint density at radius 2 is 2.33 bits per heavy atom. The van der Waals surface area contributed by atoms with Gasteiger partial charge in [-0.1, -0.05) is 0 Å². The Bertz CT molecular complexity index is 78.0. The van der Waals surface area contributed by atoms with Crippen molar-refractivity contribution >= 4 is 0 Å². The van der Waals surface area contributed by atoms with E-state index in [0.717, 1.165) is 0 Å². The quantitative estimate of drug-likeness (QED) is 0.400. The van der Waals surface area contributed by atoms with Crippen LogP contribution >= 0.6 is 0 Å². The molecule has 0 aliphatic carbocycles. The molecule has 0 atom stereocenters.